The summed E-state index contributed by atoms with van der Waals surface area (Å²) in [5.41, 5.74) is 0.319. The summed E-state index contributed by atoms with van der Waals surface area (Å²) in [6.07, 6.45) is 1.05. The first-order chi connectivity index (χ1) is 14.8. The van der Waals surface area contributed by atoms with Crippen molar-refractivity contribution in [3.05, 3.63) is 42.5 Å². The molecule has 0 saturated heterocycles. The van der Waals surface area contributed by atoms with Gasteiger partial charge in [-0.1, -0.05) is 12.1 Å². The van der Waals surface area contributed by atoms with Gasteiger partial charge in [0.2, 0.25) is 15.9 Å². The van der Waals surface area contributed by atoms with Gasteiger partial charge in [0.15, 0.2) is 23.0 Å². The highest BCUT2D eigenvalue weighted by molar-refractivity contribution is 7.92. The summed E-state index contributed by atoms with van der Waals surface area (Å²) < 4.78 is 47.8. The van der Waals surface area contributed by atoms with Crippen molar-refractivity contribution in [2.45, 2.75) is 13.0 Å². The molecule has 0 spiro atoms. The molecule has 9 nitrogen and oxygen atoms in total. The highest BCUT2D eigenvalue weighted by atomic mass is 32.2. The smallest absolute Gasteiger partial charge is 0.243 e. The van der Waals surface area contributed by atoms with Crippen molar-refractivity contribution >= 4 is 21.6 Å². The second-order valence-electron chi connectivity index (χ2n) is 6.85. The van der Waals surface area contributed by atoms with E-state index >= 15 is 0 Å². The lowest BCUT2D eigenvalue weighted by molar-refractivity contribution is -0.121. The maximum Gasteiger partial charge on any atom is 0.243 e. The fourth-order valence-corrected chi connectivity index (χ4v) is 4.37. The van der Waals surface area contributed by atoms with Gasteiger partial charge >= 0.3 is 0 Å². The summed E-state index contributed by atoms with van der Waals surface area (Å²) in [6.45, 7) is 2.71. The molecule has 3 rings (SSSR count). The number of carbonyl (C=O) groups excluding carboxylic acids is 1. The van der Waals surface area contributed by atoms with Crippen LogP contribution in [0.25, 0.3) is 0 Å². The molecule has 0 bridgehead atoms. The van der Waals surface area contributed by atoms with Crippen LogP contribution in [-0.4, -0.2) is 60.1 Å². The second-order valence-corrected chi connectivity index (χ2v) is 8.71. The molecule has 168 valence electrons. The Labute approximate surface area is 181 Å². The van der Waals surface area contributed by atoms with E-state index in [2.05, 4.69) is 5.32 Å². The van der Waals surface area contributed by atoms with Crippen molar-refractivity contribution in [1.82, 2.24) is 5.32 Å². The Kier molecular flexibility index (Phi) is 7.11. The first kappa shape index (κ1) is 22.5. The zero-order chi connectivity index (χ0) is 22.4. The summed E-state index contributed by atoms with van der Waals surface area (Å²) in [5.74, 6) is 1.67. The monoisotopic (exact) mass is 450 g/mol. The van der Waals surface area contributed by atoms with E-state index in [0.29, 0.717) is 41.9 Å². The zero-order valence-electron chi connectivity index (χ0n) is 17.7. The lowest BCUT2D eigenvalue weighted by Gasteiger charge is -2.29. The Hall–Kier alpha value is -3.14. The fourth-order valence-electron chi connectivity index (χ4n) is 3.20. The zero-order valence-corrected chi connectivity index (χ0v) is 18.5. The number of hydrogen-bond acceptors (Lipinski definition) is 7. The number of para-hydroxylation sites is 2. The van der Waals surface area contributed by atoms with Gasteiger partial charge in [0.1, 0.15) is 25.9 Å². The van der Waals surface area contributed by atoms with Gasteiger partial charge in [-0.3, -0.25) is 9.10 Å². The van der Waals surface area contributed by atoms with E-state index in [4.69, 9.17) is 18.9 Å². The van der Waals surface area contributed by atoms with Crippen LogP contribution < -0.4 is 28.6 Å². The van der Waals surface area contributed by atoms with Crippen LogP contribution in [0.15, 0.2) is 42.5 Å². The number of nitrogens with one attached hydrogen (secondary N) is 1. The van der Waals surface area contributed by atoms with Crippen molar-refractivity contribution in [2.24, 2.45) is 0 Å². The fraction of sp³-hybridized carbons (Fsp3) is 0.381. The third-order valence-electron chi connectivity index (χ3n) is 4.60. The van der Waals surface area contributed by atoms with Crippen molar-refractivity contribution in [2.75, 3.05) is 44.0 Å². The average molecular weight is 451 g/mol. The number of methoxy groups -OCH3 is 1. The molecule has 1 amide bonds. The molecule has 0 aliphatic carbocycles. The van der Waals surface area contributed by atoms with Crippen molar-refractivity contribution in [3.8, 4) is 23.0 Å². The molecule has 1 N–H and O–H groups in total. The molecule has 1 aliphatic heterocycles. The highest BCUT2D eigenvalue weighted by Crippen LogP contribution is 2.35. The number of rotatable bonds is 9. The number of benzene rings is 2. The van der Waals surface area contributed by atoms with Crippen LogP contribution in [0.3, 0.4) is 0 Å². The quantitative estimate of drug-likeness (QED) is 0.581. The summed E-state index contributed by atoms with van der Waals surface area (Å²) in [7, 11) is -2.20. The van der Waals surface area contributed by atoms with Gasteiger partial charge < -0.3 is 24.3 Å². The van der Waals surface area contributed by atoms with E-state index in [-0.39, 0.29) is 13.2 Å². The standard InChI is InChI=1S/C21H26N2O7S/c1-15(21(24)22-10-11-28-18-7-5-4-6-17(18)27-2)23(31(3,25)26)16-8-9-19-20(14-16)30-13-12-29-19/h4-9,14-15H,10-13H2,1-3H3,(H,22,24)/t15-/m1/s1. The van der Waals surface area contributed by atoms with Crippen LogP contribution in [0.5, 0.6) is 23.0 Å². The number of anilines is 1. The number of nitrogens with zero attached hydrogens (tertiary/aromatic N) is 1. The van der Waals surface area contributed by atoms with Gasteiger partial charge in [-0.05, 0) is 31.2 Å². The van der Waals surface area contributed by atoms with Crippen LogP contribution in [0, 0.1) is 0 Å². The maximum atomic E-state index is 12.7. The van der Waals surface area contributed by atoms with E-state index in [1.54, 1.807) is 37.4 Å². The topological polar surface area (TPSA) is 103 Å². The minimum atomic E-state index is -3.74. The average Bonchev–Trinajstić information content (AvgIpc) is 2.75. The molecule has 1 aliphatic rings. The number of ether oxygens (including phenoxy) is 4. The Bertz CT molecular complexity index is 1030. The van der Waals surface area contributed by atoms with Gasteiger partial charge in [0.25, 0.3) is 0 Å². The van der Waals surface area contributed by atoms with Gasteiger partial charge in [0, 0.05) is 6.07 Å². The van der Waals surface area contributed by atoms with E-state index in [1.807, 2.05) is 12.1 Å². The molecule has 0 fully saturated rings. The van der Waals surface area contributed by atoms with Crippen LogP contribution in [0.4, 0.5) is 5.69 Å². The number of carbonyl (C=O) groups is 1. The predicted octanol–water partition coefficient (Wildman–Crippen LogP) is 1.82. The molecule has 1 heterocycles. The number of hydrogen-bond donors (Lipinski definition) is 1. The number of sulfonamides is 1. The van der Waals surface area contributed by atoms with Crippen molar-refractivity contribution < 1.29 is 32.2 Å². The van der Waals surface area contributed by atoms with Crippen molar-refractivity contribution in [3.63, 3.8) is 0 Å². The number of amides is 1. The van der Waals surface area contributed by atoms with E-state index < -0.39 is 22.0 Å². The normalized spacial score (nSPS) is 13.8. The molecular weight excluding hydrogens is 424 g/mol. The Morgan fingerprint density at radius 3 is 2.48 bits per heavy atom. The summed E-state index contributed by atoms with van der Waals surface area (Å²) in [4.78, 5) is 12.7. The Balaban J connectivity index is 1.65. The maximum absolute atomic E-state index is 12.7. The van der Waals surface area contributed by atoms with E-state index in [9.17, 15) is 13.2 Å². The molecule has 0 unspecified atom stereocenters. The molecule has 0 radical (unpaired) electrons. The van der Waals surface area contributed by atoms with Gasteiger partial charge in [-0.15, -0.1) is 0 Å². The molecule has 0 saturated carbocycles. The molecular formula is C21H26N2O7S. The molecule has 2 aromatic carbocycles. The summed E-state index contributed by atoms with van der Waals surface area (Å²) >= 11 is 0. The van der Waals surface area contributed by atoms with Gasteiger partial charge in [-0.25, -0.2) is 8.42 Å². The highest BCUT2D eigenvalue weighted by Gasteiger charge is 2.30. The third kappa shape index (κ3) is 5.52. The van der Waals surface area contributed by atoms with Crippen LogP contribution in [0.1, 0.15) is 6.92 Å². The van der Waals surface area contributed by atoms with Gasteiger partial charge in [0.05, 0.1) is 25.6 Å². The van der Waals surface area contributed by atoms with Crippen LogP contribution in [0.2, 0.25) is 0 Å². The lowest BCUT2D eigenvalue weighted by atomic mass is 10.2. The molecule has 1 atom stereocenters. The van der Waals surface area contributed by atoms with Crippen molar-refractivity contribution in [1.29, 1.82) is 0 Å². The van der Waals surface area contributed by atoms with E-state index in [0.717, 1.165) is 10.6 Å². The lowest BCUT2D eigenvalue weighted by Crippen LogP contribution is -2.48. The summed E-state index contributed by atoms with van der Waals surface area (Å²) in [6, 6.07) is 11.0. The Morgan fingerprint density at radius 2 is 1.81 bits per heavy atom. The van der Waals surface area contributed by atoms with Crippen LogP contribution in [-0.2, 0) is 14.8 Å². The largest absolute Gasteiger partial charge is 0.493 e. The van der Waals surface area contributed by atoms with Gasteiger partial charge in [-0.2, -0.15) is 0 Å². The van der Waals surface area contributed by atoms with E-state index in [1.165, 1.54) is 6.92 Å². The third-order valence-corrected chi connectivity index (χ3v) is 5.84. The second kappa shape index (κ2) is 9.78. The number of fused-ring (bicyclic) bond motifs is 1. The molecule has 2 aromatic rings. The Morgan fingerprint density at radius 1 is 1.13 bits per heavy atom. The SMILES string of the molecule is COc1ccccc1OCCNC(=O)[C@@H](C)N(c1ccc2c(c1)OCCO2)S(C)(=O)=O. The molecule has 0 aromatic heterocycles. The summed E-state index contributed by atoms with van der Waals surface area (Å²) in [5, 5.41) is 2.71. The molecule has 10 heteroatoms. The predicted molar refractivity (Wildman–Crippen MR) is 116 cm³/mol. The minimum Gasteiger partial charge on any atom is -0.493 e. The minimum absolute atomic E-state index is 0.194. The molecule has 31 heavy (non-hydrogen) atoms. The van der Waals surface area contributed by atoms with Crippen LogP contribution >= 0.6 is 0 Å². The first-order valence-corrected chi connectivity index (χ1v) is 11.6. The first-order valence-electron chi connectivity index (χ1n) is 9.74.